The Labute approximate surface area is 586 Å². The summed E-state index contributed by atoms with van der Waals surface area (Å²) in [6.45, 7) is 17.9. The van der Waals surface area contributed by atoms with Gasteiger partial charge in [0, 0.05) is 12.8 Å². The molecular weight excluding hydrogens is 1350 g/mol. The molecule has 0 aliphatic carbocycles. The zero-order valence-corrected chi connectivity index (χ0v) is 58.8. The molecule has 0 spiro atoms. The molecule has 39 heteroatoms. The molecule has 0 saturated heterocycles. The smallest absolute Gasteiger partial charge is 0.325 e. The van der Waals surface area contributed by atoms with Gasteiger partial charge in [-0.3, -0.25) is 86.3 Å². The number of phenolic OH excluding ortho intramolecular Hbond substituents is 1. The van der Waals surface area contributed by atoms with E-state index in [1.165, 1.54) is 79.7 Å². The highest BCUT2D eigenvalue weighted by Gasteiger charge is 2.40. The number of carboxylic acids is 5. The predicted octanol–water partition coefficient (Wildman–Crippen LogP) is -5.59. The van der Waals surface area contributed by atoms with Crippen LogP contribution in [-0.2, 0) is 92.7 Å². The zero-order valence-electron chi connectivity index (χ0n) is 58.8. The van der Waals surface area contributed by atoms with Crippen LogP contribution in [-0.4, -0.2) is 233 Å². The summed E-state index contributed by atoms with van der Waals surface area (Å²) in [7, 11) is 0. The first kappa shape index (κ1) is 89.4. The second kappa shape index (κ2) is 42.5. The molecule has 0 fully saturated rings. The number of aromatic hydroxyl groups is 1. The first-order valence-corrected chi connectivity index (χ1v) is 32.4. The third-order valence-electron chi connectivity index (χ3n) is 15.1. The Bertz CT molecular complexity index is 3200. The number of aliphatic hydroxyl groups is 1. The van der Waals surface area contributed by atoms with E-state index < -0.39 is 254 Å². The van der Waals surface area contributed by atoms with Crippen molar-refractivity contribution in [2.24, 2.45) is 29.4 Å². The number of aliphatic carboxylic acids is 5. The summed E-state index contributed by atoms with van der Waals surface area (Å²) >= 11 is 0. The molecule has 0 aliphatic rings. The van der Waals surface area contributed by atoms with Gasteiger partial charge in [-0.25, -0.2) is 0 Å². The molecule has 0 unspecified atom stereocenters. The normalized spacial score (nSPS) is 15.6. The number of nitrogens with two attached hydrogens (primary N) is 1. The molecule has 1 aromatic rings. The minimum absolute atomic E-state index is 0.108. The minimum atomic E-state index is -2.06. The summed E-state index contributed by atoms with van der Waals surface area (Å²) in [6, 6.07) is -17.7. The van der Waals surface area contributed by atoms with Crippen LogP contribution in [0.5, 0.6) is 5.75 Å². The maximum absolute atomic E-state index is 14.3. The Morgan fingerprint density at radius 3 is 1.05 bits per heavy atom. The lowest BCUT2D eigenvalue weighted by molar-refractivity contribution is -0.144. The van der Waals surface area contributed by atoms with Crippen molar-refractivity contribution in [3.63, 3.8) is 0 Å². The molecule has 0 bridgehead atoms. The van der Waals surface area contributed by atoms with Gasteiger partial charge in [0.2, 0.25) is 76.8 Å². The van der Waals surface area contributed by atoms with Crippen LogP contribution < -0.4 is 74.9 Å². The van der Waals surface area contributed by atoms with Crippen molar-refractivity contribution in [3.8, 4) is 5.75 Å². The van der Waals surface area contributed by atoms with Gasteiger partial charge in [0.25, 0.3) is 0 Å². The van der Waals surface area contributed by atoms with Crippen LogP contribution in [0.2, 0.25) is 0 Å². The summed E-state index contributed by atoms with van der Waals surface area (Å²) in [5.41, 5.74) is 5.85. The number of hydrogen-bond acceptors (Lipinski definition) is 21. The molecule has 570 valence electrons. The number of amides is 13. The number of benzene rings is 1. The molecule has 1 aromatic carbocycles. The van der Waals surface area contributed by atoms with Crippen LogP contribution in [0.15, 0.2) is 24.3 Å². The Hall–Kier alpha value is -10.6. The van der Waals surface area contributed by atoms with Gasteiger partial charge in [-0.2, -0.15) is 0 Å². The number of aliphatic hydroxyl groups excluding tert-OH is 1. The maximum Gasteiger partial charge on any atom is 0.325 e. The number of rotatable bonds is 44. The van der Waals surface area contributed by atoms with Crippen molar-refractivity contribution in [3.05, 3.63) is 29.8 Å². The fourth-order valence-corrected chi connectivity index (χ4v) is 9.30. The zero-order chi connectivity index (χ0) is 78.5. The standard InChI is InChI=1S/C63H98N14O25/c1-25(2)20-37(70-56(94)40(23-44(84)85)69-50(88)29(9)64)55(93)68-36(18-19-42(80)81)53(91)74-48(28(7)8)61(99)76-46(26(3)4)59(97)66-30(10)51(89)65-31(11)52(90)77-49(33(13)78)62(100)72-38(21-34-14-16-35(79)17-15-34)58(96)75-47(27(5)6)60(98)73-41(24-45(86)87)57(95)71-39(22-43(82)83)54(92)67-32(12)63(101)102/h14-17,25-33,36-41,46-49,78-79H,18-24,64H2,1-13H3,(H,65,89)(H,66,97)(H,67,92)(H,68,93)(H,69,88)(H,70,94)(H,71,95)(H,72,100)(H,73,98)(H,74,91)(H,75,96)(H,76,99)(H,77,90)(H,80,81)(H,82,83)(H,84,85)(H,86,87)(H,101,102)/t29-,30-,31-,32-,33+,36-,37-,38-,39-,40-,41-,46-,47-,48-,49-/m0/s1. The molecule has 0 aromatic heterocycles. The lowest BCUT2D eigenvalue weighted by Crippen LogP contribution is -2.62. The summed E-state index contributed by atoms with van der Waals surface area (Å²) < 4.78 is 0. The van der Waals surface area contributed by atoms with E-state index in [1.54, 1.807) is 13.8 Å². The van der Waals surface area contributed by atoms with E-state index in [9.17, 15) is 122 Å². The Morgan fingerprint density at radius 2 is 0.647 bits per heavy atom. The number of carbonyl (C=O) groups is 18. The van der Waals surface area contributed by atoms with E-state index >= 15 is 0 Å². The van der Waals surface area contributed by atoms with Crippen molar-refractivity contribution in [2.75, 3.05) is 0 Å². The minimum Gasteiger partial charge on any atom is -0.508 e. The van der Waals surface area contributed by atoms with E-state index in [0.29, 0.717) is 0 Å². The van der Waals surface area contributed by atoms with Crippen molar-refractivity contribution in [2.45, 2.75) is 226 Å². The largest absolute Gasteiger partial charge is 0.508 e. The second-order valence-corrected chi connectivity index (χ2v) is 25.8. The van der Waals surface area contributed by atoms with Crippen LogP contribution in [0.25, 0.3) is 0 Å². The van der Waals surface area contributed by atoms with E-state index in [2.05, 4.69) is 58.5 Å². The topological polar surface area (TPSA) is 631 Å². The molecule has 0 heterocycles. The number of carboxylic acid groups (broad SMARTS) is 5. The summed E-state index contributed by atoms with van der Waals surface area (Å²) in [5.74, 6) is -25.1. The lowest BCUT2D eigenvalue weighted by Gasteiger charge is -2.30. The number of phenols is 1. The van der Waals surface area contributed by atoms with Gasteiger partial charge in [-0.15, -0.1) is 0 Å². The fourth-order valence-electron chi connectivity index (χ4n) is 9.30. The molecule has 22 N–H and O–H groups in total. The van der Waals surface area contributed by atoms with Gasteiger partial charge in [-0.05, 0) is 88.8 Å². The molecule has 39 nitrogen and oxygen atoms in total. The van der Waals surface area contributed by atoms with Crippen LogP contribution in [0.4, 0.5) is 0 Å². The van der Waals surface area contributed by atoms with E-state index in [0.717, 1.165) is 20.8 Å². The van der Waals surface area contributed by atoms with Gasteiger partial charge in [0.15, 0.2) is 0 Å². The van der Waals surface area contributed by atoms with Gasteiger partial charge in [0.1, 0.15) is 84.3 Å². The van der Waals surface area contributed by atoms with Crippen molar-refractivity contribution in [1.29, 1.82) is 0 Å². The van der Waals surface area contributed by atoms with E-state index in [4.69, 9.17) is 5.73 Å². The predicted molar refractivity (Wildman–Crippen MR) is 354 cm³/mol. The van der Waals surface area contributed by atoms with Gasteiger partial charge < -0.3 is 111 Å². The Balaban J connectivity index is 3.41. The maximum atomic E-state index is 14.3. The molecule has 0 saturated carbocycles. The van der Waals surface area contributed by atoms with Crippen LogP contribution >= 0.6 is 0 Å². The Morgan fingerprint density at radius 1 is 0.343 bits per heavy atom. The van der Waals surface area contributed by atoms with Crippen LogP contribution in [0.1, 0.15) is 134 Å². The molecule has 102 heavy (non-hydrogen) atoms. The number of nitrogens with one attached hydrogen (secondary N) is 13. The summed E-state index contributed by atoms with van der Waals surface area (Å²) in [4.78, 5) is 236. The SMILES string of the molecule is CC(C)C[C@H](NC(=O)[C@H](CC(=O)O)NC(=O)[C@H](C)N)C(=O)N[C@@H](CCC(=O)O)C(=O)N[C@H](C(=O)N[C@H](C(=O)N[C@@H](C)C(=O)N[C@@H](C)C(=O)N[C@H](C(=O)N[C@@H](Cc1ccc(O)cc1)C(=O)N[C@H](C(=O)N[C@@H](CC(=O)O)C(=O)N[C@@H](CC(=O)O)C(=O)N[C@@H](C)C(=O)O)C(C)C)[C@@H](C)O)C(C)C)C(C)C. The summed E-state index contributed by atoms with van der Waals surface area (Å²) in [6.07, 6.45) is -6.73. The average Bonchev–Trinajstić information content (AvgIpc) is 0.846. The monoisotopic (exact) mass is 1450 g/mol. The van der Waals surface area contributed by atoms with Crippen molar-refractivity contribution >= 4 is 107 Å². The summed E-state index contributed by atoms with van der Waals surface area (Å²) in [5, 5.41) is 97.9. The van der Waals surface area contributed by atoms with Crippen molar-refractivity contribution < 1.29 is 122 Å². The fraction of sp³-hybridized carbons (Fsp3) is 0.619. The van der Waals surface area contributed by atoms with Crippen LogP contribution in [0.3, 0.4) is 0 Å². The first-order valence-electron chi connectivity index (χ1n) is 32.4. The first-order chi connectivity index (χ1) is 47.2. The molecule has 0 aliphatic heterocycles. The third kappa shape index (κ3) is 31.7. The van der Waals surface area contributed by atoms with Crippen LogP contribution in [0, 0.1) is 23.7 Å². The lowest BCUT2D eigenvalue weighted by atomic mass is 9.98. The highest BCUT2D eigenvalue weighted by atomic mass is 16.4. The van der Waals surface area contributed by atoms with Crippen molar-refractivity contribution in [1.82, 2.24) is 69.1 Å². The molecule has 0 radical (unpaired) electrons. The molecular formula is C63H98N14O25. The highest BCUT2D eigenvalue weighted by Crippen LogP contribution is 2.16. The average molecular weight is 1450 g/mol. The molecule has 1 rings (SSSR count). The number of hydrogen-bond donors (Lipinski definition) is 21. The second-order valence-electron chi connectivity index (χ2n) is 25.8. The number of carbonyl (C=O) groups excluding carboxylic acids is 13. The third-order valence-corrected chi connectivity index (χ3v) is 15.1. The van der Waals surface area contributed by atoms with Gasteiger partial charge in [-0.1, -0.05) is 67.5 Å². The molecule has 13 amide bonds. The van der Waals surface area contributed by atoms with E-state index in [1.807, 2.05) is 10.6 Å². The Kier molecular flexibility index (Phi) is 37.2. The van der Waals surface area contributed by atoms with Gasteiger partial charge >= 0.3 is 29.8 Å². The quantitative estimate of drug-likeness (QED) is 0.0290. The van der Waals surface area contributed by atoms with E-state index in [-0.39, 0.29) is 23.7 Å². The molecule has 15 atom stereocenters. The van der Waals surface area contributed by atoms with Gasteiger partial charge in [0.05, 0.1) is 31.4 Å². The highest BCUT2D eigenvalue weighted by molar-refractivity contribution is 6.01.